The summed E-state index contributed by atoms with van der Waals surface area (Å²) < 4.78 is 5.14. The Morgan fingerprint density at radius 1 is 1.35 bits per heavy atom. The number of amides is 1. The zero-order chi connectivity index (χ0) is 18.7. The number of carbonyl (C=O) groups is 2. The van der Waals surface area contributed by atoms with Crippen molar-refractivity contribution in [3.05, 3.63) is 16.8 Å². The number of aryl methyl sites for hydroxylation is 2. The molecule has 3 heterocycles. The van der Waals surface area contributed by atoms with E-state index in [9.17, 15) is 9.59 Å². The van der Waals surface area contributed by atoms with Gasteiger partial charge in [-0.3, -0.25) is 4.79 Å². The Kier molecular flexibility index (Phi) is 6.13. The Hall–Kier alpha value is -1.67. The van der Waals surface area contributed by atoms with Crippen LogP contribution in [-0.4, -0.2) is 51.7 Å². The van der Waals surface area contributed by atoms with Gasteiger partial charge < -0.3 is 9.64 Å². The van der Waals surface area contributed by atoms with Crippen molar-refractivity contribution < 1.29 is 14.3 Å². The number of piperidine rings is 1. The quantitative estimate of drug-likeness (QED) is 0.441. The van der Waals surface area contributed by atoms with E-state index in [2.05, 4.69) is 23.8 Å². The van der Waals surface area contributed by atoms with Crippen LogP contribution in [0.25, 0.3) is 10.2 Å². The van der Waals surface area contributed by atoms with Crippen molar-refractivity contribution in [2.45, 2.75) is 51.1 Å². The molecular formula is C18H23N3O3S2. The SMILES string of the molecule is CCOC(=O)[C@@H]1CCCCN1C(=O)CSc1ncnc2sc(C)c(C)c12. The molecule has 1 saturated heterocycles. The molecule has 2 aromatic rings. The number of likely N-dealkylation sites (tertiary alicyclic amines) is 1. The molecule has 1 atom stereocenters. The third kappa shape index (κ3) is 3.86. The van der Waals surface area contributed by atoms with Gasteiger partial charge in [-0.1, -0.05) is 11.8 Å². The van der Waals surface area contributed by atoms with Gasteiger partial charge in [0.25, 0.3) is 0 Å². The lowest BCUT2D eigenvalue weighted by Gasteiger charge is -2.34. The Morgan fingerprint density at radius 3 is 2.92 bits per heavy atom. The molecule has 140 valence electrons. The van der Waals surface area contributed by atoms with Crippen LogP contribution in [0.3, 0.4) is 0 Å². The molecule has 1 aliphatic heterocycles. The third-order valence-electron chi connectivity index (χ3n) is 4.64. The average Bonchev–Trinajstić information content (AvgIpc) is 2.94. The summed E-state index contributed by atoms with van der Waals surface area (Å²) in [5.41, 5.74) is 1.17. The topological polar surface area (TPSA) is 72.4 Å². The highest BCUT2D eigenvalue weighted by Crippen LogP contribution is 2.34. The molecule has 0 spiro atoms. The van der Waals surface area contributed by atoms with Crippen LogP contribution in [-0.2, 0) is 14.3 Å². The van der Waals surface area contributed by atoms with E-state index >= 15 is 0 Å². The van der Waals surface area contributed by atoms with Crippen molar-refractivity contribution >= 4 is 45.2 Å². The maximum absolute atomic E-state index is 12.8. The number of nitrogens with zero attached hydrogens (tertiary/aromatic N) is 3. The second-order valence-corrected chi connectivity index (χ2v) is 8.45. The molecule has 0 N–H and O–H groups in total. The average molecular weight is 394 g/mol. The van der Waals surface area contributed by atoms with E-state index in [0.717, 1.165) is 28.1 Å². The summed E-state index contributed by atoms with van der Waals surface area (Å²) in [6.45, 7) is 6.86. The normalized spacial score (nSPS) is 17.5. The predicted molar refractivity (Wildman–Crippen MR) is 104 cm³/mol. The summed E-state index contributed by atoms with van der Waals surface area (Å²) in [5, 5.41) is 1.86. The third-order valence-corrected chi connectivity index (χ3v) is 6.73. The zero-order valence-corrected chi connectivity index (χ0v) is 16.9. The van der Waals surface area contributed by atoms with E-state index in [1.54, 1.807) is 29.5 Å². The molecule has 8 heteroatoms. The molecule has 0 unspecified atom stereocenters. The van der Waals surface area contributed by atoms with Gasteiger partial charge in [0.2, 0.25) is 5.91 Å². The zero-order valence-electron chi connectivity index (χ0n) is 15.3. The Balaban J connectivity index is 1.73. The fourth-order valence-electron chi connectivity index (χ4n) is 3.19. The first-order chi connectivity index (χ1) is 12.5. The van der Waals surface area contributed by atoms with Gasteiger partial charge in [0.05, 0.1) is 12.4 Å². The lowest BCUT2D eigenvalue weighted by atomic mass is 10.0. The smallest absolute Gasteiger partial charge is 0.328 e. The number of ether oxygens (including phenoxy) is 1. The number of esters is 1. The minimum atomic E-state index is -0.452. The van der Waals surface area contributed by atoms with E-state index in [4.69, 9.17) is 4.74 Å². The molecule has 0 radical (unpaired) electrons. The molecule has 0 aliphatic carbocycles. The number of fused-ring (bicyclic) bond motifs is 1. The van der Waals surface area contributed by atoms with Crippen LogP contribution in [0, 0.1) is 13.8 Å². The second kappa shape index (κ2) is 8.35. The van der Waals surface area contributed by atoms with Crippen LogP contribution >= 0.6 is 23.1 Å². The first-order valence-corrected chi connectivity index (χ1v) is 10.6. The summed E-state index contributed by atoms with van der Waals surface area (Å²) >= 11 is 3.06. The van der Waals surface area contributed by atoms with Gasteiger partial charge in [-0.05, 0) is 45.6 Å². The monoisotopic (exact) mass is 393 g/mol. The minimum absolute atomic E-state index is 0.0379. The van der Waals surface area contributed by atoms with Crippen molar-refractivity contribution in [2.24, 2.45) is 0 Å². The van der Waals surface area contributed by atoms with E-state index in [1.165, 1.54) is 22.2 Å². The van der Waals surface area contributed by atoms with Crippen LogP contribution in [0.15, 0.2) is 11.4 Å². The molecule has 26 heavy (non-hydrogen) atoms. The highest BCUT2D eigenvalue weighted by Gasteiger charge is 2.33. The van der Waals surface area contributed by atoms with E-state index in [0.29, 0.717) is 19.6 Å². The van der Waals surface area contributed by atoms with Gasteiger partial charge in [0.15, 0.2) is 0 Å². The number of thiophene rings is 1. The molecule has 3 rings (SSSR count). The number of hydrogen-bond acceptors (Lipinski definition) is 7. The number of aromatic nitrogens is 2. The van der Waals surface area contributed by atoms with Crippen molar-refractivity contribution in [1.29, 1.82) is 0 Å². The molecule has 1 aliphatic rings. The lowest BCUT2D eigenvalue weighted by molar-refractivity contribution is -0.155. The first kappa shape index (κ1) is 19.1. The van der Waals surface area contributed by atoms with Crippen molar-refractivity contribution in [1.82, 2.24) is 14.9 Å². The highest BCUT2D eigenvalue weighted by molar-refractivity contribution is 8.00. The van der Waals surface area contributed by atoms with Crippen LogP contribution in [0.1, 0.15) is 36.6 Å². The fraction of sp³-hybridized carbons (Fsp3) is 0.556. The number of rotatable bonds is 5. The molecule has 0 bridgehead atoms. The lowest BCUT2D eigenvalue weighted by Crippen LogP contribution is -2.49. The van der Waals surface area contributed by atoms with Crippen LogP contribution in [0.5, 0.6) is 0 Å². The van der Waals surface area contributed by atoms with Gasteiger partial charge in [0, 0.05) is 16.8 Å². The molecule has 0 aromatic carbocycles. The fourth-order valence-corrected chi connectivity index (χ4v) is 5.19. The van der Waals surface area contributed by atoms with Gasteiger partial charge in [-0.15, -0.1) is 11.3 Å². The maximum Gasteiger partial charge on any atom is 0.328 e. The highest BCUT2D eigenvalue weighted by atomic mass is 32.2. The standard InChI is InChI=1S/C18H23N3O3S2/c1-4-24-18(23)13-7-5-6-8-21(13)14(22)9-25-16-15-11(2)12(3)26-17(15)20-10-19-16/h10,13H,4-9H2,1-3H3/t13-/m0/s1. The van der Waals surface area contributed by atoms with Crippen LogP contribution < -0.4 is 0 Å². The van der Waals surface area contributed by atoms with Crippen molar-refractivity contribution in [3.63, 3.8) is 0 Å². The minimum Gasteiger partial charge on any atom is -0.464 e. The maximum atomic E-state index is 12.8. The summed E-state index contributed by atoms with van der Waals surface area (Å²) in [6, 6.07) is -0.452. The van der Waals surface area contributed by atoms with Crippen LogP contribution in [0.4, 0.5) is 0 Å². The molecule has 6 nitrogen and oxygen atoms in total. The van der Waals surface area contributed by atoms with Gasteiger partial charge in [-0.2, -0.15) is 0 Å². The van der Waals surface area contributed by atoms with E-state index in [-0.39, 0.29) is 17.6 Å². The molecule has 1 fully saturated rings. The van der Waals surface area contributed by atoms with Crippen molar-refractivity contribution in [3.8, 4) is 0 Å². The van der Waals surface area contributed by atoms with E-state index < -0.39 is 6.04 Å². The van der Waals surface area contributed by atoms with E-state index in [1.807, 2.05) is 0 Å². The molecular weight excluding hydrogens is 370 g/mol. The Bertz CT molecular complexity index is 821. The molecule has 1 amide bonds. The number of hydrogen-bond donors (Lipinski definition) is 0. The van der Waals surface area contributed by atoms with Gasteiger partial charge in [-0.25, -0.2) is 14.8 Å². The number of thioether (sulfide) groups is 1. The summed E-state index contributed by atoms with van der Waals surface area (Å²) in [6.07, 6.45) is 4.09. The predicted octanol–water partition coefficient (Wildman–Crippen LogP) is 3.34. The van der Waals surface area contributed by atoms with Crippen LogP contribution in [0.2, 0.25) is 0 Å². The largest absolute Gasteiger partial charge is 0.464 e. The van der Waals surface area contributed by atoms with Gasteiger partial charge in [0.1, 0.15) is 22.2 Å². The van der Waals surface area contributed by atoms with Gasteiger partial charge >= 0.3 is 5.97 Å². The Morgan fingerprint density at radius 2 is 2.15 bits per heavy atom. The summed E-state index contributed by atoms with van der Waals surface area (Å²) in [7, 11) is 0. The molecule has 0 saturated carbocycles. The second-order valence-electron chi connectivity index (χ2n) is 6.28. The summed E-state index contributed by atoms with van der Waals surface area (Å²) in [4.78, 5) is 37.5. The summed E-state index contributed by atoms with van der Waals surface area (Å²) in [5.74, 6) is -0.0699. The number of carbonyl (C=O) groups excluding carboxylic acids is 2. The van der Waals surface area contributed by atoms with Crippen molar-refractivity contribution in [2.75, 3.05) is 18.9 Å². The Labute approximate surface area is 161 Å². The first-order valence-electron chi connectivity index (χ1n) is 8.82. The molecule has 2 aromatic heterocycles.